The van der Waals surface area contributed by atoms with Gasteiger partial charge in [-0.3, -0.25) is 9.78 Å². The van der Waals surface area contributed by atoms with Gasteiger partial charge in [-0.1, -0.05) is 13.0 Å². The van der Waals surface area contributed by atoms with Crippen LogP contribution in [0.2, 0.25) is 0 Å². The molecule has 0 spiro atoms. The Kier molecular flexibility index (Phi) is 5.12. The number of benzene rings is 1. The van der Waals surface area contributed by atoms with Crippen LogP contribution in [0.1, 0.15) is 39.8 Å². The van der Waals surface area contributed by atoms with Crippen molar-refractivity contribution in [3.8, 4) is 0 Å². The van der Waals surface area contributed by atoms with Crippen LogP contribution in [0.3, 0.4) is 0 Å². The summed E-state index contributed by atoms with van der Waals surface area (Å²) < 4.78 is 40.6. The lowest BCUT2D eigenvalue weighted by Crippen LogP contribution is -2.24. The molecule has 4 nitrogen and oxygen atoms in total. The average molecular weight is 373 g/mol. The number of alkyl halides is 3. The molecule has 3 aromatic rings. The highest BCUT2D eigenvalue weighted by atomic mass is 19.4. The van der Waals surface area contributed by atoms with Crippen LogP contribution in [0.4, 0.5) is 13.2 Å². The number of carbonyl (C=O) groups excluding carboxylic acids is 1. The van der Waals surface area contributed by atoms with Crippen molar-refractivity contribution in [2.75, 3.05) is 0 Å². The molecule has 0 aliphatic heterocycles. The van der Waals surface area contributed by atoms with Crippen LogP contribution in [0, 0.1) is 6.92 Å². The molecule has 0 atom stereocenters. The van der Waals surface area contributed by atoms with E-state index in [9.17, 15) is 18.0 Å². The number of hydrogen-bond donors (Lipinski definition) is 1. The van der Waals surface area contributed by atoms with E-state index in [1.165, 1.54) is 6.07 Å². The fraction of sp³-hybridized carbons (Fsp3) is 0.250. The van der Waals surface area contributed by atoms with Gasteiger partial charge in [0.1, 0.15) is 5.69 Å². The summed E-state index contributed by atoms with van der Waals surface area (Å²) >= 11 is 0. The van der Waals surface area contributed by atoms with Crippen LogP contribution in [0.25, 0.3) is 10.9 Å². The number of amides is 1. The molecule has 27 heavy (non-hydrogen) atoms. The van der Waals surface area contributed by atoms with Crippen molar-refractivity contribution in [3.63, 3.8) is 0 Å². The van der Waals surface area contributed by atoms with Gasteiger partial charge in [0.2, 0.25) is 0 Å². The van der Waals surface area contributed by atoms with E-state index in [1.807, 2.05) is 0 Å². The molecule has 0 saturated carbocycles. The fourth-order valence-corrected chi connectivity index (χ4v) is 2.85. The van der Waals surface area contributed by atoms with Gasteiger partial charge in [-0.2, -0.15) is 13.2 Å². The average Bonchev–Trinajstić information content (AvgIpc) is 2.65. The normalized spacial score (nSPS) is 11.6. The second-order valence-electron chi connectivity index (χ2n) is 6.22. The highest BCUT2D eigenvalue weighted by molar-refractivity contribution is 5.96. The summed E-state index contributed by atoms with van der Waals surface area (Å²) in [5.74, 6) is -0.543. The Labute approximate surface area is 154 Å². The molecule has 2 aromatic heterocycles. The Balaban J connectivity index is 2.01. The molecule has 0 aliphatic carbocycles. The predicted octanol–water partition coefficient (Wildman–Crippen LogP) is 4.45. The van der Waals surface area contributed by atoms with Crippen molar-refractivity contribution in [1.29, 1.82) is 0 Å². The Morgan fingerprint density at radius 1 is 1.19 bits per heavy atom. The maximum atomic E-state index is 13.5. The number of rotatable bonds is 4. The first-order valence-electron chi connectivity index (χ1n) is 8.49. The highest BCUT2D eigenvalue weighted by Crippen LogP contribution is 2.36. The lowest BCUT2D eigenvalue weighted by Gasteiger charge is -2.14. The van der Waals surface area contributed by atoms with Crippen molar-refractivity contribution in [3.05, 3.63) is 70.7 Å². The monoisotopic (exact) mass is 373 g/mol. The summed E-state index contributed by atoms with van der Waals surface area (Å²) in [4.78, 5) is 20.5. The molecule has 0 fully saturated rings. The summed E-state index contributed by atoms with van der Waals surface area (Å²) in [6.45, 7) is 3.64. The maximum Gasteiger partial charge on any atom is 0.418 e. The molecule has 1 amide bonds. The highest BCUT2D eigenvalue weighted by Gasteiger charge is 2.34. The van der Waals surface area contributed by atoms with Crippen LogP contribution in [0.15, 0.2) is 42.6 Å². The van der Waals surface area contributed by atoms with E-state index < -0.39 is 17.6 Å². The van der Waals surface area contributed by atoms with Crippen molar-refractivity contribution in [1.82, 2.24) is 15.3 Å². The van der Waals surface area contributed by atoms with Crippen LogP contribution in [-0.4, -0.2) is 15.9 Å². The minimum absolute atomic E-state index is 0.0503. The van der Waals surface area contributed by atoms with Crippen LogP contribution in [0.5, 0.6) is 0 Å². The lowest BCUT2D eigenvalue weighted by atomic mass is 9.99. The standard InChI is InChI=1S/C20H18F3N3O/c1-3-13-9-15-12(2)8-17(26-18(15)16(10-13)20(21,22)23)19(27)25-11-14-6-4-5-7-24-14/h4-10H,3,11H2,1-2H3,(H,25,27). The van der Waals surface area contributed by atoms with E-state index in [4.69, 9.17) is 0 Å². The number of aryl methyl sites for hydroxylation is 2. The Morgan fingerprint density at radius 3 is 2.59 bits per heavy atom. The third-order valence-corrected chi connectivity index (χ3v) is 4.28. The first-order chi connectivity index (χ1) is 12.8. The zero-order valence-corrected chi connectivity index (χ0v) is 14.9. The summed E-state index contributed by atoms with van der Waals surface area (Å²) in [6, 6.07) is 9.59. The molecule has 7 heteroatoms. The molecule has 0 saturated heterocycles. The zero-order valence-electron chi connectivity index (χ0n) is 14.9. The molecule has 3 rings (SSSR count). The number of aromatic nitrogens is 2. The Morgan fingerprint density at radius 2 is 1.96 bits per heavy atom. The van der Waals surface area contributed by atoms with E-state index in [0.29, 0.717) is 28.6 Å². The number of pyridine rings is 2. The number of carbonyl (C=O) groups is 1. The van der Waals surface area contributed by atoms with E-state index in [0.717, 1.165) is 6.07 Å². The number of halogens is 3. The van der Waals surface area contributed by atoms with Crippen molar-refractivity contribution >= 4 is 16.8 Å². The van der Waals surface area contributed by atoms with Gasteiger partial charge < -0.3 is 5.32 Å². The number of hydrogen-bond acceptors (Lipinski definition) is 3. The van der Waals surface area contributed by atoms with E-state index in [1.54, 1.807) is 44.3 Å². The Hall–Kier alpha value is -2.96. The lowest BCUT2D eigenvalue weighted by molar-refractivity contribution is -0.136. The second-order valence-corrected chi connectivity index (χ2v) is 6.22. The summed E-state index contributed by atoms with van der Waals surface area (Å²) in [7, 11) is 0. The van der Waals surface area contributed by atoms with Gasteiger partial charge in [0.05, 0.1) is 23.3 Å². The van der Waals surface area contributed by atoms with Gasteiger partial charge in [-0.25, -0.2) is 4.98 Å². The van der Waals surface area contributed by atoms with Crippen molar-refractivity contribution in [2.24, 2.45) is 0 Å². The largest absolute Gasteiger partial charge is 0.418 e. The molecular formula is C20H18F3N3O. The molecular weight excluding hydrogens is 355 g/mol. The number of nitrogens with zero attached hydrogens (tertiary/aromatic N) is 2. The van der Waals surface area contributed by atoms with E-state index in [-0.39, 0.29) is 17.8 Å². The first-order valence-corrected chi connectivity index (χ1v) is 8.49. The third kappa shape index (κ3) is 4.07. The fourth-order valence-electron chi connectivity index (χ4n) is 2.85. The molecule has 1 N–H and O–H groups in total. The molecule has 1 aromatic carbocycles. The van der Waals surface area contributed by atoms with Gasteiger partial charge >= 0.3 is 6.18 Å². The summed E-state index contributed by atoms with van der Waals surface area (Å²) in [5, 5.41) is 3.05. The Bertz CT molecular complexity index is 985. The minimum atomic E-state index is -4.55. The van der Waals surface area contributed by atoms with Crippen LogP contribution >= 0.6 is 0 Å². The molecule has 0 radical (unpaired) electrons. The quantitative estimate of drug-likeness (QED) is 0.735. The summed E-state index contributed by atoms with van der Waals surface area (Å²) in [6.07, 6.45) is -2.47. The topological polar surface area (TPSA) is 54.9 Å². The zero-order chi connectivity index (χ0) is 19.6. The van der Waals surface area contributed by atoms with Gasteiger partial charge in [0, 0.05) is 11.6 Å². The van der Waals surface area contributed by atoms with Gasteiger partial charge in [-0.05, 0) is 54.8 Å². The first kappa shape index (κ1) is 18.8. The predicted molar refractivity (Wildman–Crippen MR) is 96.3 cm³/mol. The SMILES string of the molecule is CCc1cc(C(F)(F)F)c2nc(C(=O)NCc3ccccn3)cc(C)c2c1. The molecule has 0 unspecified atom stereocenters. The van der Waals surface area contributed by atoms with E-state index in [2.05, 4.69) is 15.3 Å². The number of nitrogens with one attached hydrogen (secondary N) is 1. The minimum Gasteiger partial charge on any atom is -0.345 e. The van der Waals surface area contributed by atoms with Crippen LogP contribution in [-0.2, 0) is 19.1 Å². The number of fused-ring (bicyclic) bond motifs is 1. The second kappa shape index (κ2) is 7.34. The molecule has 0 aliphatic rings. The van der Waals surface area contributed by atoms with Gasteiger partial charge in [0.15, 0.2) is 0 Å². The van der Waals surface area contributed by atoms with Crippen molar-refractivity contribution in [2.45, 2.75) is 33.0 Å². The third-order valence-electron chi connectivity index (χ3n) is 4.28. The summed E-state index contributed by atoms with van der Waals surface area (Å²) in [5.41, 5.74) is 0.718. The van der Waals surface area contributed by atoms with Gasteiger partial charge in [-0.15, -0.1) is 0 Å². The van der Waals surface area contributed by atoms with Crippen LogP contribution < -0.4 is 5.32 Å². The molecule has 2 heterocycles. The van der Waals surface area contributed by atoms with E-state index >= 15 is 0 Å². The molecule has 0 bridgehead atoms. The smallest absolute Gasteiger partial charge is 0.345 e. The molecule has 140 valence electrons. The van der Waals surface area contributed by atoms with Gasteiger partial charge in [0.25, 0.3) is 5.91 Å². The van der Waals surface area contributed by atoms with Crippen molar-refractivity contribution < 1.29 is 18.0 Å². The maximum absolute atomic E-state index is 13.5.